The lowest BCUT2D eigenvalue weighted by molar-refractivity contribution is 0.102. The number of halogens is 6. The highest BCUT2D eigenvalue weighted by atomic mass is 35.5. The van der Waals surface area contributed by atoms with Crippen molar-refractivity contribution >= 4 is 69.6 Å². The summed E-state index contributed by atoms with van der Waals surface area (Å²) < 4.78 is 4.73. The molecule has 0 radical (unpaired) electrons. The fourth-order valence-corrected chi connectivity index (χ4v) is 3.59. The molecule has 1 rings (SSSR count). The molecule has 1 fully saturated rings. The van der Waals surface area contributed by atoms with Crippen molar-refractivity contribution in [1.82, 2.24) is 0 Å². The second-order valence-electron chi connectivity index (χ2n) is 3.59. The number of aliphatic hydroxyl groups is 1. The van der Waals surface area contributed by atoms with Crippen LogP contribution in [-0.4, -0.2) is 57.2 Å². The second-order valence-corrected chi connectivity index (χ2v) is 6.61. The quantitative estimate of drug-likeness (QED) is 0.598. The highest BCUT2D eigenvalue weighted by Crippen LogP contribution is 2.39. The maximum absolute atomic E-state index is 8.07. The van der Waals surface area contributed by atoms with Crippen LogP contribution in [-0.2, 0) is 4.74 Å². The maximum Gasteiger partial charge on any atom is 0.0697 e. The first-order valence-corrected chi connectivity index (χ1v) is 8.03. The number of hydrogen-bond acceptors (Lipinski definition) is 2. The smallest absolute Gasteiger partial charge is 0.0697 e. The van der Waals surface area contributed by atoms with Crippen LogP contribution in [0.15, 0.2) is 0 Å². The molecule has 0 saturated heterocycles. The van der Waals surface area contributed by atoms with Crippen molar-refractivity contribution in [3.8, 4) is 0 Å². The molecule has 1 aliphatic rings. The summed E-state index contributed by atoms with van der Waals surface area (Å²) in [5, 5.41) is 5.45. The van der Waals surface area contributed by atoms with Gasteiger partial charge >= 0.3 is 0 Å². The lowest BCUT2D eigenvalue weighted by Gasteiger charge is -2.37. The first-order chi connectivity index (χ1) is 8.38. The van der Waals surface area contributed by atoms with Crippen LogP contribution in [0.3, 0.4) is 0 Å². The monoisotopic (exact) mass is 378 g/mol. The van der Waals surface area contributed by atoms with E-state index in [-0.39, 0.29) is 6.61 Å². The van der Waals surface area contributed by atoms with Crippen molar-refractivity contribution in [2.75, 3.05) is 19.8 Å². The Balaban J connectivity index is 0.000000411. The number of hydrogen-bond donors (Lipinski definition) is 1. The van der Waals surface area contributed by atoms with E-state index in [4.69, 9.17) is 79.4 Å². The van der Waals surface area contributed by atoms with Crippen molar-refractivity contribution in [3.63, 3.8) is 0 Å². The summed E-state index contributed by atoms with van der Waals surface area (Å²) in [5.74, 6) is 0. The normalized spacial score (nSPS) is 40.0. The zero-order valence-electron chi connectivity index (χ0n) is 9.71. The molecule has 110 valence electrons. The zero-order valence-corrected chi connectivity index (χ0v) is 14.2. The van der Waals surface area contributed by atoms with Gasteiger partial charge in [-0.05, 0) is 6.92 Å². The minimum Gasteiger partial charge on any atom is -0.394 e. The molecule has 8 heteroatoms. The van der Waals surface area contributed by atoms with Gasteiger partial charge in [-0.15, -0.1) is 69.6 Å². The molecule has 0 unspecified atom stereocenters. The molecule has 1 saturated carbocycles. The van der Waals surface area contributed by atoms with Crippen molar-refractivity contribution in [1.29, 1.82) is 0 Å². The van der Waals surface area contributed by atoms with Gasteiger partial charge < -0.3 is 9.84 Å². The third-order valence-corrected chi connectivity index (χ3v) is 6.30. The lowest BCUT2D eigenvalue weighted by Crippen LogP contribution is -2.52. The van der Waals surface area contributed by atoms with Crippen LogP contribution in [0.1, 0.15) is 6.92 Å². The van der Waals surface area contributed by atoms with Crippen molar-refractivity contribution in [3.05, 3.63) is 0 Å². The van der Waals surface area contributed by atoms with Gasteiger partial charge in [0.2, 0.25) is 0 Å². The predicted molar refractivity (Wildman–Crippen MR) is 81.4 cm³/mol. The molecule has 0 aromatic carbocycles. The van der Waals surface area contributed by atoms with Crippen LogP contribution in [0.25, 0.3) is 0 Å². The topological polar surface area (TPSA) is 29.5 Å². The molecule has 0 aromatic heterocycles. The fraction of sp³-hybridized carbons (Fsp3) is 1.00. The van der Waals surface area contributed by atoms with Gasteiger partial charge in [-0.3, -0.25) is 0 Å². The van der Waals surface area contributed by atoms with Gasteiger partial charge in [0.1, 0.15) is 0 Å². The van der Waals surface area contributed by atoms with E-state index < -0.39 is 32.3 Å². The molecule has 0 spiro atoms. The Morgan fingerprint density at radius 2 is 1.06 bits per heavy atom. The lowest BCUT2D eigenvalue weighted by atomic mass is 9.97. The molecule has 0 bridgehead atoms. The molecule has 1 aliphatic carbocycles. The molecule has 0 heterocycles. The molecule has 1 N–H and O–H groups in total. The minimum atomic E-state index is -0.437. The van der Waals surface area contributed by atoms with Crippen LogP contribution in [0.2, 0.25) is 0 Å². The Morgan fingerprint density at radius 1 is 0.778 bits per heavy atom. The van der Waals surface area contributed by atoms with Crippen molar-refractivity contribution in [2.24, 2.45) is 0 Å². The van der Waals surface area contributed by atoms with Crippen molar-refractivity contribution < 1.29 is 9.84 Å². The second kappa shape index (κ2) is 10.4. The Labute approximate surface area is 138 Å². The Hall–Kier alpha value is 1.66. The summed E-state index contributed by atoms with van der Waals surface area (Å²) in [7, 11) is 0. The third kappa shape index (κ3) is 5.97. The number of alkyl halides is 6. The van der Waals surface area contributed by atoms with E-state index in [0.717, 1.165) is 0 Å². The van der Waals surface area contributed by atoms with Gasteiger partial charge in [-0.1, -0.05) is 0 Å². The summed E-state index contributed by atoms with van der Waals surface area (Å²) >= 11 is 35.3. The van der Waals surface area contributed by atoms with E-state index >= 15 is 0 Å². The Morgan fingerprint density at radius 3 is 1.17 bits per heavy atom. The molecule has 0 atom stereocenters. The highest BCUT2D eigenvalue weighted by Gasteiger charge is 2.46. The average molecular weight is 381 g/mol. The van der Waals surface area contributed by atoms with E-state index in [9.17, 15) is 0 Å². The van der Waals surface area contributed by atoms with Crippen molar-refractivity contribution in [2.45, 2.75) is 39.2 Å². The van der Waals surface area contributed by atoms with Crippen LogP contribution in [0, 0.1) is 0 Å². The van der Waals surface area contributed by atoms with E-state index in [2.05, 4.69) is 0 Å². The van der Waals surface area contributed by atoms with E-state index in [1.807, 2.05) is 6.92 Å². The molecule has 0 aromatic rings. The van der Waals surface area contributed by atoms with Gasteiger partial charge in [0.25, 0.3) is 0 Å². The highest BCUT2D eigenvalue weighted by molar-refractivity contribution is 6.45. The van der Waals surface area contributed by atoms with Crippen LogP contribution >= 0.6 is 69.6 Å². The molecule has 2 nitrogen and oxygen atoms in total. The number of ether oxygens (including phenoxy) is 1. The Kier molecular flexibility index (Phi) is 11.4. The van der Waals surface area contributed by atoms with E-state index in [1.165, 1.54) is 0 Å². The summed E-state index contributed by atoms with van der Waals surface area (Å²) in [4.78, 5) is 0. The average Bonchev–Trinajstić information content (AvgIpc) is 2.39. The van der Waals surface area contributed by atoms with Gasteiger partial charge in [-0.2, -0.15) is 0 Å². The van der Waals surface area contributed by atoms with E-state index in [0.29, 0.717) is 13.2 Å². The zero-order chi connectivity index (χ0) is 14.3. The standard InChI is InChI=1S/C6H6Cl6.C4H10O2/c7-1-2(8)4(10)6(12)5(11)3(1)9;1-2-6-4-3-5/h1-6H;5H,2-4H2,1H3. The first kappa shape index (κ1) is 19.7. The SMILES string of the molecule is CCOCCO.ClC1C(Cl)C(Cl)C(Cl)C(Cl)C1Cl. The maximum atomic E-state index is 8.07. The Bertz CT molecular complexity index is 158. The van der Waals surface area contributed by atoms with Gasteiger partial charge in [0, 0.05) is 6.61 Å². The van der Waals surface area contributed by atoms with Gasteiger partial charge in [-0.25, -0.2) is 0 Å². The molecule has 0 amide bonds. The predicted octanol–water partition coefficient (Wildman–Crippen LogP) is 3.66. The summed E-state index contributed by atoms with van der Waals surface area (Å²) in [6.45, 7) is 3.20. The van der Waals surface area contributed by atoms with Crippen LogP contribution < -0.4 is 0 Å². The van der Waals surface area contributed by atoms with E-state index in [1.54, 1.807) is 0 Å². The fourth-order valence-electron chi connectivity index (χ4n) is 1.26. The molecular weight excluding hydrogens is 365 g/mol. The largest absolute Gasteiger partial charge is 0.394 e. The van der Waals surface area contributed by atoms with Gasteiger partial charge in [0.05, 0.1) is 45.5 Å². The molecule has 18 heavy (non-hydrogen) atoms. The molecule has 0 aliphatic heterocycles. The summed E-state index contributed by atoms with van der Waals surface area (Å²) in [5.41, 5.74) is 0. The van der Waals surface area contributed by atoms with Gasteiger partial charge in [0.15, 0.2) is 0 Å². The third-order valence-electron chi connectivity index (χ3n) is 2.27. The van der Waals surface area contributed by atoms with Crippen LogP contribution in [0.5, 0.6) is 0 Å². The first-order valence-electron chi connectivity index (χ1n) is 5.41. The minimum absolute atomic E-state index is 0.133. The van der Waals surface area contributed by atoms with Crippen LogP contribution in [0.4, 0.5) is 0 Å². The number of rotatable bonds is 3. The summed E-state index contributed by atoms with van der Waals surface area (Å²) in [6.07, 6.45) is 0. The number of aliphatic hydroxyl groups excluding tert-OH is 1. The molecular formula is C10H16Cl6O2. The summed E-state index contributed by atoms with van der Waals surface area (Å²) in [6, 6.07) is 0.